The summed E-state index contributed by atoms with van der Waals surface area (Å²) in [6.45, 7) is 6.02. The third-order valence-corrected chi connectivity index (χ3v) is 3.36. The van der Waals surface area contributed by atoms with Gasteiger partial charge in [0.15, 0.2) is 0 Å². The van der Waals surface area contributed by atoms with Crippen LogP contribution in [0.4, 0.5) is 0 Å². The molecule has 4 nitrogen and oxygen atoms in total. The fraction of sp³-hybridized carbons (Fsp3) is 0.714. The summed E-state index contributed by atoms with van der Waals surface area (Å²) in [4.78, 5) is 24.0. The second kappa shape index (κ2) is 7.90. The van der Waals surface area contributed by atoms with Crippen molar-refractivity contribution >= 4 is 11.9 Å². The first-order valence-corrected chi connectivity index (χ1v) is 6.76. The average Bonchev–Trinajstić information content (AvgIpc) is 2.38. The van der Waals surface area contributed by atoms with Gasteiger partial charge in [0, 0.05) is 6.54 Å². The quantitative estimate of drug-likeness (QED) is 0.448. The van der Waals surface area contributed by atoms with Gasteiger partial charge in [0.05, 0.1) is 6.61 Å². The summed E-state index contributed by atoms with van der Waals surface area (Å²) in [6.07, 6.45) is 6.86. The Labute approximate surface area is 109 Å². The maximum absolute atomic E-state index is 12.1. The summed E-state index contributed by atoms with van der Waals surface area (Å²) in [6, 6.07) is 0. The van der Waals surface area contributed by atoms with Crippen molar-refractivity contribution in [3.8, 4) is 0 Å². The third kappa shape index (κ3) is 4.17. The Balaban J connectivity index is 2.69. The first-order chi connectivity index (χ1) is 8.70. The third-order valence-electron chi connectivity index (χ3n) is 3.36. The predicted octanol–water partition coefficient (Wildman–Crippen LogP) is 2.05. The minimum absolute atomic E-state index is 0.127. The molecule has 4 heteroatoms. The van der Waals surface area contributed by atoms with Crippen LogP contribution in [-0.4, -0.2) is 25.0 Å². The first kappa shape index (κ1) is 14.7. The van der Waals surface area contributed by atoms with Crippen molar-refractivity contribution in [2.45, 2.75) is 39.0 Å². The number of esters is 1. The van der Waals surface area contributed by atoms with Gasteiger partial charge in [-0.15, -0.1) is 6.58 Å². The molecule has 1 atom stereocenters. The second-order valence-electron chi connectivity index (χ2n) is 4.66. The number of hydrogen-bond donors (Lipinski definition) is 1. The van der Waals surface area contributed by atoms with Crippen molar-refractivity contribution in [1.29, 1.82) is 0 Å². The number of amides is 1. The van der Waals surface area contributed by atoms with Gasteiger partial charge in [0.1, 0.15) is 5.92 Å². The van der Waals surface area contributed by atoms with E-state index in [0.29, 0.717) is 13.2 Å². The lowest BCUT2D eigenvalue weighted by Crippen LogP contribution is -2.41. The Morgan fingerprint density at radius 1 is 1.39 bits per heavy atom. The van der Waals surface area contributed by atoms with Crippen LogP contribution in [0.2, 0.25) is 0 Å². The van der Waals surface area contributed by atoms with Gasteiger partial charge >= 0.3 is 5.97 Å². The van der Waals surface area contributed by atoms with Gasteiger partial charge in [-0.1, -0.05) is 25.3 Å². The molecule has 0 aromatic rings. The van der Waals surface area contributed by atoms with Gasteiger partial charge in [0.2, 0.25) is 5.91 Å². The van der Waals surface area contributed by atoms with Crippen molar-refractivity contribution < 1.29 is 14.3 Å². The number of carbonyl (C=O) groups is 2. The van der Waals surface area contributed by atoms with Crippen LogP contribution < -0.4 is 5.32 Å². The first-order valence-electron chi connectivity index (χ1n) is 6.76. The molecular formula is C14H23NO3. The molecule has 0 radical (unpaired) electrons. The summed E-state index contributed by atoms with van der Waals surface area (Å²) in [5.74, 6) is -1.13. The normalized spacial score (nSPS) is 17.8. The van der Waals surface area contributed by atoms with Gasteiger partial charge in [-0.2, -0.15) is 0 Å². The van der Waals surface area contributed by atoms with Crippen LogP contribution >= 0.6 is 0 Å². The zero-order valence-corrected chi connectivity index (χ0v) is 11.1. The van der Waals surface area contributed by atoms with Crippen LogP contribution in [0.1, 0.15) is 39.0 Å². The summed E-state index contributed by atoms with van der Waals surface area (Å²) in [5, 5.41) is 2.71. The van der Waals surface area contributed by atoms with Crippen LogP contribution in [-0.2, 0) is 14.3 Å². The monoisotopic (exact) mass is 253 g/mol. The molecule has 1 aliphatic carbocycles. The van der Waals surface area contributed by atoms with E-state index in [2.05, 4.69) is 11.9 Å². The van der Waals surface area contributed by atoms with Crippen LogP contribution in [0.5, 0.6) is 0 Å². The molecule has 18 heavy (non-hydrogen) atoms. The predicted molar refractivity (Wildman–Crippen MR) is 69.9 cm³/mol. The van der Waals surface area contributed by atoms with E-state index in [1.54, 1.807) is 13.0 Å². The van der Waals surface area contributed by atoms with Gasteiger partial charge in [-0.25, -0.2) is 0 Å². The second-order valence-corrected chi connectivity index (χ2v) is 4.66. The smallest absolute Gasteiger partial charge is 0.318 e. The summed E-state index contributed by atoms with van der Waals surface area (Å²) < 4.78 is 5.03. The van der Waals surface area contributed by atoms with E-state index < -0.39 is 5.92 Å². The molecule has 0 unspecified atom stereocenters. The van der Waals surface area contributed by atoms with Gasteiger partial charge in [-0.3, -0.25) is 9.59 Å². The molecule has 0 aromatic carbocycles. The van der Waals surface area contributed by atoms with Crippen LogP contribution in [0, 0.1) is 11.8 Å². The molecule has 1 fully saturated rings. The highest BCUT2D eigenvalue weighted by molar-refractivity contribution is 5.98. The van der Waals surface area contributed by atoms with E-state index in [-0.39, 0.29) is 17.8 Å². The molecule has 102 valence electrons. The lowest BCUT2D eigenvalue weighted by molar-refractivity contribution is -0.155. The average molecular weight is 253 g/mol. The molecule has 0 bridgehead atoms. The highest BCUT2D eigenvalue weighted by Crippen LogP contribution is 2.31. The molecule has 0 aromatic heterocycles. The van der Waals surface area contributed by atoms with Gasteiger partial charge < -0.3 is 10.1 Å². The summed E-state index contributed by atoms with van der Waals surface area (Å²) >= 11 is 0. The van der Waals surface area contributed by atoms with Crippen molar-refractivity contribution in [2.75, 3.05) is 13.2 Å². The van der Waals surface area contributed by atoms with Gasteiger partial charge in [0.25, 0.3) is 0 Å². The highest BCUT2D eigenvalue weighted by atomic mass is 16.5. The van der Waals surface area contributed by atoms with Crippen LogP contribution in [0.25, 0.3) is 0 Å². The number of ether oxygens (including phenoxy) is 1. The van der Waals surface area contributed by atoms with Gasteiger partial charge in [-0.05, 0) is 25.7 Å². The summed E-state index contributed by atoms with van der Waals surface area (Å²) in [7, 11) is 0. The standard InChI is InChI=1S/C14H23NO3/c1-3-10-15-13(16)12(14(17)18-4-2)11-8-6-5-7-9-11/h3,11-12H,1,4-10H2,2H3,(H,15,16)/t12-/m1/s1. The van der Waals surface area contributed by atoms with Crippen molar-refractivity contribution in [2.24, 2.45) is 11.8 Å². The number of hydrogen-bond acceptors (Lipinski definition) is 3. The molecule has 1 aliphatic rings. The number of nitrogens with one attached hydrogen (secondary N) is 1. The van der Waals surface area contributed by atoms with Crippen molar-refractivity contribution in [3.05, 3.63) is 12.7 Å². The topological polar surface area (TPSA) is 55.4 Å². The molecule has 0 spiro atoms. The molecule has 1 rings (SSSR count). The van der Waals surface area contributed by atoms with E-state index in [9.17, 15) is 9.59 Å². The fourth-order valence-electron chi connectivity index (χ4n) is 2.50. The van der Waals surface area contributed by atoms with Crippen LogP contribution in [0.3, 0.4) is 0 Å². The zero-order chi connectivity index (χ0) is 13.4. The fourth-order valence-corrected chi connectivity index (χ4v) is 2.50. The van der Waals surface area contributed by atoms with E-state index in [1.807, 2.05) is 0 Å². The molecule has 0 aliphatic heterocycles. The van der Waals surface area contributed by atoms with E-state index in [4.69, 9.17) is 4.74 Å². The Hall–Kier alpha value is -1.32. The maximum Gasteiger partial charge on any atom is 0.318 e. The largest absolute Gasteiger partial charge is 0.465 e. The Bertz CT molecular complexity index is 295. The Morgan fingerprint density at radius 3 is 2.61 bits per heavy atom. The molecule has 1 amide bonds. The lowest BCUT2D eigenvalue weighted by Gasteiger charge is -2.27. The van der Waals surface area contributed by atoms with E-state index in [1.165, 1.54) is 6.42 Å². The minimum atomic E-state index is -0.648. The zero-order valence-electron chi connectivity index (χ0n) is 11.1. The molecular weight excluding hydrogens is 230 g/mol. The Kier molecular flexibility index (Phi) is 6.47. The molecule has 1 N–H and O–H groups in total. The van der Waals surface area contributed by atoms with Crippen LogP contribution in [0.15, 0.2) is 12.7 Å². The van der Waals surface area contributed by atoms with E-state index in [0.717, 1.165) is 25.7 Å². The van der Waals surface area contributed by atoms with Crippen molar-refractivity contribution in [3.63, 3.8) is 0 Å². The van der Waals surface area contributed by atoms with Crippen molar-refractivity contribution in [1.82, 2.24) is 5.32 Å². The number of rotatable bonds is 6. The Morgan fingerprint density at radius 2 is 2.06 bits per heavy atom. The minimum Gasteiger partial charge on any atom is -0.465 e. The maximum atomic E-state index is 12.1. The molecule has 0 heterocycles. The number of carbonyl (C=O) groups excluding carboxylic acids is 2. The molecule has 1 saturated carbocycles. The highest BCUT2D eigenvalue weighted by Gasteiger charge is 2.36. The summed E-state index contributed by atoms with van der Waals surface area (Å²) in [5.41, 5.74) is 0. The molecule has 0 saturated heterocycles. The SMILES string of the molecule is C=CCNC(=O)[C@H](C(=O)OCC)C1CCCCC1. The van der Waals surface area contributed by atoms with E-state index >= 15 is 0 Å². The lowest BCUT2D eigenvalue weighted by atomic mass is 9.79.